The number of rotatable bonds is 5. The van der Waals surface area contributed by atoms with Gasteiger partial charge in [-0.25, -0.2) is 4.79 Å². The van der Waals surface area contributed by atoms with Gasteiger partial charge in [-0.3, -0.25) is 9.78 Å². The van der Waals surface area contributed by atoms with E-state index in [4.69, 9.17) is 0 Å². The van der Waals surface area contributed by atoms with Gasteiger partial charge in [0.15, 0.2) is 0 Å². The molecule has 0 unspecified atom stereocenters. The lowest BCUT2D eigenvalue weighted by Crippen LogP contribution is -2.55. The molecule has 1 aliphatic rings. The fourth-order valence-electron chi connectivity index (χ4n) is 2.98. The maximum Gasteiger partial charge on any atom is 0.318 e. The molecule has 27 heavy (non-hydrogen) atoms. The Morgan fingerprint density at radius 2 is 1.74 bits per heavy atom. The van der Waals surface area contributed by atoms with Crippen molar-refractivity contribution in [3.63, 3.8) is 0 Å². The molecule has 1 atom stereocenters. The first-order valence-corrected chi connectivity index (χ1v) is 9.16. The molecule has 2 heterocycles. The highest BCUT2D eigenvalue weighted by Crippen LogP contribution is 2.15. The van der Waals surface area contributed by atoms with Crippen molar-refractivity contribution in [3.05, 3.63) is 60.4 Å². The average molecular weight is 367 g/mol. The Hall–Kier alpha value is -3.09. The molecular formula is C20H25N5O2. The Morgan fingerprint density at radius 3 is 2.41 bits per heavy atom. The Labute approximate surface area is 159 Å². The average Bonchev–Trinajstić information content (AvgIpc) is 2.73. The third-order valence-corrected chi connectivity index (χ3v) is 4.59. The number of hydrogen-bond donors (Lipinski definition) is 2. The lowest BCUT2D eigenvalue weighted by molar-refractivity contribution is -0.122. The monoisotopic (exact) mass is 367 g/mol. The molecule has 2 aromatic rings. The molecule has 1 fully saturated rings. The molecule has 0 aliphatic carbocycles. The van der Waals surface area contributed by atoms with Crippen molar-refractivity contribution >= 4 is 17.6 Å². The van der Waals surface area contributed by atoms with Crippen LogP contribution in [0.3, 0.4) is 0 Å². The van der Waals surface area contributed by atoms with Crippen LogP contribution < -0.4 is 15.5 Å². The first-order valence-electron chi connectivity index (χ1n) is 9.16. The smallest absolute Gasteiger partial charge is 0.318 e. The standard InChI is InChI=1S/C20H25N5O2/c1-16(19(26)22-15-17-7-5-6-10-21-17)23-20(27)25-13-11-24(12-14-25)18-8-3-2-4-9-18/h2-10,16H,11-15H2,1H3,(H,22,26)(H,23,27)/t16-/m0/s1. The topological polar surface area (TPSA) is 77.6 Å². The summed E-state index contributed by atoms with van der Waals surface area (Å²) in [6.07, 6.45) is 1.68. The lowest BCUT2D eigenvalue weighted by atomic mass is 10.2. The van der Waals surface area contributed by atoms with Gasteiger partial charge in [0.1, 0.15) is 6.04 Å². The molecular weight excluding hydrogens is 342 g/mol. The number of carbonyl (C=O) groups excluding carboxylic acids is 2. The van der Waals surface area contributed by atoms with Gasteiger partial charge in [0.25, 0.3) is 0 Å². The molecule has 3 rings (SSSR count). The summed E-state index contributed by atoms with van der Waals surface area (Å²) in [5.74, 6) is -0.225. The SMILES string of the molecule is C[C@H](NC(=O)N1CCN(c2ccccc2)CC1)C(=O)NCc1ccccn1. The predicted octanol–water partition coefficient (Wildman–Crippen LogP) is 1.62. The van der Waals surface area contributed by atoms with Gasteiger partial charge in [-0.2, -0.15) is 0 Å². The fraction of sp³-hybridized carbons (Fsp3) is 0.350. The minimum absolute atomic E-state index is 0.205. The third-order valence-electron chi connectivity index (χ3n) is 4.59. The van der Waals surface area contributed by atoms with Crippen LogP contribution in [0.25, 0.3) is 0 Å². The Balaban J connectivity index is 1.42. The van der Waals surface area contributed by atoms with E-state index in [1.54, 1.807) is 18.0 Å². The molecule has 0 spiro atoms. The molecule has 1 aromatic heterocycles. The van der Waals surface area contributed by atoms with E-state index in [-0.39, 0.29) is 11.9 Å². The second kappa shape index (κ2) is 9.02. The minimum Gasteiger partial charge on any atom is -0.368 e. The van der Waals surface area contributed by atoms with Gasteiger partial charge in [-0.15, -0.1) is 0 Å². The zero-order valence-electron chi connectivity index (χ0n) is 15.5. The summed E-state index contributed by atoms with van der Waals surface area (Å²) in [4.78, 5) is 32.8. The lowest BCUT2D eigenvalue weighted by Gasteiger charge is -2.36. The molecule has 0 radical (unpaired) electrons. The normalized spacial score (nSPS) is 15.1. The maximum absolute atomic E-state index is 12.4. The van der Waals surface area contributed by atoms with Crippen molar-refractivity contribution in [1.29, 1.82) is 0 Å². The molecule has 0 bridgehead atoms. The number of benzene rings is 1. The molecule has 1 aliphatic heterocycles. The number of hydrogen-bond acceptors (Lipinski definition) is 4. The summed E-state index contributed by atoms with van der Waals surface area (Å²) in [6.45, 7) is 4.84. The number of urea groups is 1. The number of para-hydroxylation sites is 1. The van der Waals surface area contributed by atoms with Crippen molar-refractivity contribution < 1.29 is 9.59 Å². The van der Waals surface area contributed by atoms with E-state index < -0.39 is 6.04 Å². The summed E-state index contributed by atoms with van der Waals surface area (Å²) < 4.78 is 0. The number of aromatic nitrogens is 1. The Morgan fingerprint density at radius 1 is 1.04 bits per heavy atom. The van der Waals surface area contributed by atoms with Crippen molar-refractivity contribution in [3.8, 4) is 0 Å². The fourth-order valence-corrected chi connectivity index (χ4v) is 2.98. The number of nitrogens with one attached hydrogen (secondary N) is 2. The van der Waals surface area contributed by atoms with E-state index >= 15 is 0 Å². The van der Waals surface area contributed by atoms with Gasteiger partial charge in [-0.1, -0.05) is 24.3 Å². The minimum atomic E-state index is -0.603. The number of anilines is 1. The van der Waals surface area contributed by atoms with Crippen molar-refractivity contribution in [2.24, 2.45) is 0 Å². The summed E-state index contributed by atoms with van der Waals surface area (Å²) >= 11 is 0. The van der Waals surface area contributed by atoms with Crippen LogP contribution in [0, 0.1) is 0 Å². The molecule has 1 saturated heterocycles. The molecule has 2 N–H and O–H groups in total. The number of amides is 3. The van der Waals surface area contributed by atoms with Gasteiger partial charge < -0.3 is 20.4 Å². The summed E-state index contributed by atoms with van der Waals surface area (Å²) in [5, 5.41) is 5.57. The predicted molar refractivity (Wildman–Crippen MR) is 104 cm³/mol. The molecule has 1 aromatic carbocycles. The van der Waals surface area contributed by atoms with Gasteiger partial charge in [0, 0.05) is 38.1 Å². The molecule has 142 valence electrons. The molecule has 3 amide bonds. The highest BCUT2D eigenvalue weighted by Gasteiger charge is 2.24. The molecule has 0 saturated carbocycles. The van der Waals surface area contributed by atoms with Crippen molar-refractivity contribution in [2.75, 3.05) is 31.1 Å². The van der Waals surface area contributed by atoms with Crippen LogP contribution in [-0.4, -0.2) is 54.0 Å². The van der Waals surface area contributed by atoms with E-state index in [9.17, 15) is 9.59 Å². The zero-order valence-corrected chi connectivity index (χ0v) is 15.5. The summed E-state index contributed by atoms with van der Waals surface area (Å²) in [6, 6.07) is 14.9. The van der Waals surface area contributed by atoms with E-state index in [2.05, 4.69) is 32.7 Å². The maximum atomic E-state index is 12.4. The van der Waals surface area contributed by atoms with E-state index in [0.717, 1.165) is 18.8 Å². The van der Waals surface area contributed by atoms with Crippen LogP contribution in [0.5, 0.6) is 0 Å². The van der Waals surface area contributed by atoms with Crippen LogP contribution in [0.15, 0.2) is 54.7 Å². The molecule has 7 heteroatoms. The summed E-state index contributed by atoms with van der Waals surface area (Å²) in [7, 11) is 0. The van der Waals surface area contributed by atoms with Crippen LogP contribution in [-0.2, 0) is 11.3 Å². The van der Waals surface area contributed by atoms with Crippen LogP contribution >= 0.6 is 0 Å². The number of nitrogens with zero attached hydrogens (tertiary/aromatic N) is 3. The third kappa shape index (κ3) is 5.20. The number of carbonyl (C=O) groups is 2. The van der Waals surface area contributed by atoms with Gasteiger partial charge in [0.2, 0.25) is 5.91 Å². The second-order valence-electron chi connectivity index (χ2n) is 6.52. The van der Waals surface area contributed by atoms with Crippen LogP contribution in [0.1, 0.15) is 12.6 Å². The van der Waals surface area contributed by atoms with Gasteiger partial charge in [-0.05, 0) is 31.2 Å². The summed E-state index contributed by atoms with van der Waals surface area (Å²) in [5.41, 5.74) is 1.95. The quantitative estimate of drug-likeness (QED) is 0.842. The number of pyridine rings is 1. The van der Waals surface area contributed by atoms with E-state index in [1.807, 2.05) is 36.4 Å². The zero-order chi connectivity index (χ0) is 19.1. The first kappa shape index (κ1) is 18.7. The van der Waals surface area contributed by atoms with Gasteiger partial charge >= 0.3 is 6.03 Å². The van der Waals surface area contributed by atoms with Crippen LogP contribution in [0.2, 0.25) is 0 Å². The van der Waals surface area contributed by atoms with E-state index in [1.165, 1.54) is 5.69 Å². The highest BCUT2D eigenvalue weighted by molar-refractivity contribution is 5.86. The van der Waals surface area contributed by atoms with E-state index in [0.29, 0.717) is 19.6 Å². The number of piperazine rings is 1. The van der Waals surface area contributed by atoms with Gasteiger partial charge in [0.05, 0.1) is 12.2 Å². The largest absolute Gasteiger partial charge is 0.368 e. The highest BCUT2D eigenvalue weighted by atomic mass is 16.2. The first-order chi connectivity index (χ1) is 13.1. The van der Waals surface area contributed by atoms with Crippen molar-refractivity contribution in [1.82, 2.24) is 20.5 Å². The van der Waals surface area contributed by atoms with Crippen molar-refractivity contribution in [2.45, 2.75) is 19.5 Å². The Kier molecular flexibility index (Phi) is 6.25. The van der Waals surface area contributed by atoms with Crippen LogP contribution in [0.4, 0.5) is 10.5 Å². The Bertz CT molecular complexity index is 745. The molecule has 7 nitrogen and oxygen atoms in total. The second-order valence-corrected chi connectivity index (χ2v) is 6.52.